The Labute approximate surface area is 148 Å². The Hall–Kier alpha value is -2.28. The molecule has 25 heavy (non-hydrogen) atoms. The van der Waals surface area contributed by atoms with Crippen molar-refractivity contribution in [2.45, 2.75) is 53.3 Å². The van der Waals surface area contributed by atoms with Crippen molar-refractivity contribution in [3.63, 3.8) is 0 Å². The lowest BCUT2D eigenvalue weighted by Gasteiger charge is -2.27. The molecule has 1 atom stereocenters. The van der Waals surface area contributed by atoms with Crippen molar-refractivity contribution in [3.05, 3.63) is 40.7 Å². The second kappa shape index (κ2) is 7.31. The van der Waals surface area contributed by atoms with Crippen LogP contribution in [0.1, 0.15) is 47.2 Å². The molecule has 0 fully saturated rings. The molecule has 1 amide bonds. The zero-order valence-corrected chi connectivity index (χ0v) is 15.3. The third kappa shape index (κ3) is 3.71. The quantitative estimate of drug-likeness (QED) is 0.848. The van der Waals surface area contributed by atoms with Gasteiger partial charge in [-0.1, -0.05) is 0 Å². The minimum atomic E-state index is 0.0474. The summed E-state index contributed by atoms with van der Waals surface area (Å²) in [4.78, 5) is 19.3. The normalized spacial score (nSPS) is 17.3. The molecule has 0 saturated carbocycles. The van der Waals surface area contributed by atoms with Crippen LogP contribution in [0.4, 0.5) is 0 Å². The molecule has 0 radical (unpaired) electrons. The van der Waals surface area contributed by atoms with E-state index in [0.717, 1.165) is 23.0 Å². The summed E-state index contributed by atoms with van der Waals surface area (Å²) in [5.41, 5.74) is 2.42. The van der Waals surface area contributed by atoms with Gasteiger partial charge in [-0.2, -0.15) is 0 Å². The Morgan fingerprint density at radius 3 is 2.64 bits per heavy atom. The van der Waals surface area contributed by atoms with E-state index in [2.05, 4.69) is 26.7 Å². The van der Waals surface area contributed by atoms with Crippen LogP contribution in [-0.4, -0.2) is 49.7 Å². The molecule has 3 rings (SSSR count). The molecule has 2 aromatic heterocycles. The first-order valence-corrected chi connectivity index (χ1v) is 8.74. The number of pyridine rings is 1. The predicted molar refractivity (Wildman–Crippen MR) is 93.3 cm³/mol. The van der Waals surface area contributed by atoms with Crippen molar-refractivity contribution in [1.29, 1.82) is 0 Å². The third-order valence-electron chi connectivity index (χ3n) is 4.50. The Balaban J connectivity index is 1.81. The van der Waals surface area contributed by atoms with Crippen LogP contribution in [0.5, 0.6) is 0 Å². The van der Waals surface area contributed by atoms with E-state index in [1.807, 2.05) is 37.8 Å². The Kier molecular flexibility index (Phi) is 5.13. The van der Waals surface area contributed by atoms with E-state index in [1.165, 1.54) is 0 Å². The molecule has 2 aromatic rings. The molecule has 1 aliphatic heterocycles. The number of aryl methyl sites for hydroxylation is 2. The highest BCUT2D eigenvalue weighted by atomic mass is 16.5. The van der Waals surface area contributed by atoms with Crippen molar-refractivity contribution in [2.24, 2.45) is 0 Å². The Bertz CT molecular complexity index is 751. The summed E-state index contributed by atoms with van der Waals surface area (Å²) in [5.74, 6) is 1.79. The molecule has 7 nitrogen and oxygen atoms in total. The molecule has 0 spiro atoms. The summed E-state index contributed by atoms with van der Waals surface area (Å²) < 4.78 is 7.56. The van der Waals surface area contributed by atoms with Crippen LogP contribution in [0.15, 0.2) is 12.1 Å². The van der Waals surface area contributed by atoms with Gasteiger partial charge in [0.1, 0.15) is 12.4 Å². The number of aromatic nitrogens is 4. The van der Waals surface area contributed by atoms with Crippen LogP contribution >= 0.6 is 0 Å². The standard InChI is InChI=1S/C18H25N5O2/c1-5-25-11-17-21-20-16-10-14(4)22(6-7-23(16)17)18(24)15-8-12(2)19-13(3)9-15/h8-9,14H,5-7,10-11H2,1-4H3/t14-/m1/s1. The van der Waals surface area contributed by atoms with Crippen molar-refractivity contribution < 1.29 is 9.53 Å². The van der Waals surface area contributed by atoms with Crippen molar-refractivity contribution in [3.8, 4) is 0 Å². The van der Waals surface area contributed by atoms with Crippen LogP contribution in [0.3, 0.4) is 0 Å². The number of hydrogen-bond donors (Lipinski definition) is 0. The number of rotatable bonds is 4. The number of ether oxygens (including phenoxy) is 1. The average molecular weight is 343 g/mol. The van der Waals surface area contributed by atoms with Gasteiger partial charge < -0.3 is 14.2 Å². The number of fused-ring (bicyclic) bond motifs is 1. The summed E-state index contributed by atoms with van der Waals surface area (Å²) in [5, 5.41) is 8.54. The largest absolute Gasteiger partial charge is 0.374 e. The van der Waals surface area contributed by atoms with E-state index in [4.69, 9.17) is 4.74 Å². The topological polar surface area (TPSA) is 73.1 Å². The van der Waals surface area contributed by atoms with Gasteiger partial charge in [0.05, 0.1) is 0 Å². The summed E-state index contributed by atoms with van der Waals surface area (Å²) in [6.45, 7) is 10.3. The highest BCUT2D eigenvalue weighted by molar-refractivity contribution is 5.94. The fourth-order valence-corrected chi connectivity index (χ4v) is 3.31. The highest BCUT2D eigenvalue weighted by Crippen LogP contribution is 2.18. The number of hydrogen-bond acceptors (Lipinski definition) is 5. The predicted octanol–water partition coefficient (Wildman–Crippen LogP) is 1.91. The van der Waals surface area contributed by atoms with Crippen LogP contribution in [0, 0.1) is 13.8 Å². The lowest BCUT2D eigenvalue weighted by Crippen LogP contribution is -2.40. The van der Waals surface area contributed by atoms with Gasteiger partial charge in [0.15, 0.2) is 5.82 Å². The van der Waals surface area contributed by atoms with Crippen molar-refractivity contribution in [1.82, 2.24) is 24.6 Å². The Morgan fingerprint density at radius 1 is 1.24 bits per heavy atom. The maximum Gasteiger partial charge on any atom is 0.254 e. The molecule has 0 bridgehead atoms. The van der Waals surface area contributed by atoms with Crippen LogP contribution < -0.4 is 0 Å². The first-order valence-electron chi connectivity index (χ1n) is 8.74. The van der Waals surface area contributed by atoms with Gasteiger partial charge in [-0.15, -0.1) is 10.2 Å². The summed E-state index contributed by atoms with van der Waals surface area (Å²) in [6.07, 6.45) is 0.688. The first-order chi connectivity index (χ1) is 12.0. The highest BCUT2D eigenvalue weighted by Gasteiger charge is 2.28. The summed E-state index contributed by atoms with van der Waals surface area (Å²) >= 11 is 0. The maximum absolute atomic E-state index is 13.0. The lowest BCUT2D eigenvalue weighted by molar-refractivity contribution is 0.0694. The average Bonchev–Trinajstić information content (AvgIpc) is 2.85. The van der Waals surface area contributed by atoms with Crippen molar-refractivity contribution >= 4 is 5.91 Å². The molecule has 3 heterocycles. The van der Waals surface area contributed by atoms with Gasteiger partial charge in [0.25, 0.3) is 5.91 Å². The molecule has 0 aromatic carbocycles. The first kappa shape index (κ1) is 17.5. The minimum absolute atomic E-state index is 0.0474. The van der Waals surface area contributed by atoms with Gasteiger partial charge in [-0.3, -0.25) is 9.78 Å². The van der Waals surface area contributed by atoms with Crippen LogP contribution in [-0.2, 0) is 24.3 Å². The molecule has 134 valence electrons. The van der Waals surface area contributed by atoms with E-state index >= 15 is 0 Å². The van der Waals surface area contributed by atoms with Crippen molar-refractivity contribution in [2.75, 3.05) is 13.2 Å². The van der Waals surface area contributed by atoms with Gasteiger partial charge in [0.2, 0.25) is 0 Å². The lowest BCUT2D eigenvalue weighted by atomic mass is 10.1. The van der Waals surface area contributed by atoms with E-state index in [0.29, 0.717) is 38.3 Å². The smallest absolute Gasteiger partial charge is 0.254 e. The molecule has 0 N–H and O–H groups in total. The molecule has 0 unspecified atom stereocenters. The second-order valence-electron chi connectivity index (χ2n) is 6.51. The summed E-state index contributed by atoms with van der Waals surface area (Å²) in [7, 11) is 0. The van der Waals surface area contributed by atoms with E-state index in [9.17, 15) is 4.79 Å². The fourth-order valence-electron chi connectivity index (χ4n) is 3.31. The number of carbonyl (C=O) groups excluding carboxylic acids is 1. The van der Waals surface area contributed by atoms with Gasteiger partial charge in [-0.05, 0) is 39.8 Å². The van der Waals surface area contributed by atoms with Crippen LogP contribution in [0.2, 0.25) is 0 Å². The Morgan fingerprint density at radius 2 is 1.96 bits per heavy atom. The molecule has 0 aliphatic carbocycles. The monoisotopic (exact) mass is 343 g/mol. The van der Waals surface area contributed by atoms with Crippen LogP contribution in [0.25, 0.3) is 0 Å². The number of carbonyl (C=O) groups is 1. The molecule has 1 aliphatic rings. The fraction of sp³-hybridized carbons (Fsp3) is 0.556. The molecule has 0 saturated heterocycles. The van der Waals surface area contributed by atoms with Gasteiger partial charge >= 0.3 is 0 Å². The maximum atomic E-state index is 13.0. The molecule has 7 heteroatoms. The number of nitrogens with zero attached hydrogens (tertiary/aromatic N) is 5. The number of amides is 1. The minimum Gasteiger partial charge on any atom is -0.374 e. The van der Waals surface area contributed by atoms with Gasteiger partial charge in [-0.25, -0.2) is 0 Å². The van der Waals surface area contributed by atoms with Gasteiger partial charge in [0, 0.05) is 49.1 Å². The third-order valence-corrected chi connectivity index (χ3v) is 4.50. The second-order valence-corrected chi connectivity index (χ2v) is 6.51. The molecular formula is C18H25N5O2. The van der Waals surface area contributed by atoms with E-state index in [1.54, 1.807) is 0 Å². The van der Waals surface area contributed by atoms with E-state index in [-0.39, 0.29) is 11.9 Å². The zero-order valence-electron chi connectivity index (χ0n) is 15.3. The zero-order chi connectivity index (χ0) is 18.0. The summed E-state index contributed by atoms with van der Waals surface area (Å²) in [6, 6.07) is 3.77. The molecular weight excluding hydrogens is 318 g/mol. The SMILES string of the molecule is CCOCc1nnc2n1CCN(C(=O)c1cc(C)nc(C)c1)[C@H](C)C2. The van der Waals surface area contributed by atoms with E-state index < -0.39 is 0 Å².